The monoisotopic (exact) mass is 152 g/mol. The number of carbonyl (C=O) groups excluding carboxylic acids is 2. The summed E-state index contributed by atoms with van der Waals surface area (Å²) >= 11 is 0. The van der Waals surface area contributed by atoms with Crippen LogP contribution in [0, 0.1) is 0 Å². The van der Waals surface area contributed by atoms with Crippen LogP contribution in [-0.4, -0.2) is 11.9 Å². The van der Waals surface area contributed by atoms with Gasteiger partial charge in [0.05, 0.1) is 0 Å². The predicted octanol–water partition coefficient (Wildman–Crippen LogP) is 0.0857. The molecule has 0 fully saturated rings. The summed E-state index contributed by atoms with van der Waals surface area (Å²) in [5.41, 5.74) is 0. The van der Waals surface area contributed by atoms with Crippen LogP contribution in [-0.2, 0) is 18.6 Å². The first-order valence-electron chi connectivity index (χ1n) is 2.39. The molecular weight excluding hydrogens is 143 g/mol. The fourth-order valence-electron chi connectivity index (χ4n) is 0.195. The van der Waals surface area contributed by atoms with Crippen LogP contribution in [0.5, 0.6) is 0 Å². The Hall–Kier alpha value is -0.630. The van der Waals surface area contributed by atoms with Crippen LogP contribution in [0.2, 0.25) is 0 Å². The van der Waals surface area contributed by atoms with Crippen molar-refractivity contribution >= 4 is 21.0 Å². The third-order valence-electron chi connectivity index (χ3n) is 0.524. The van der Waals surface area contributed by atoms with Crippen molar-refractivity contribution in [1.29, 1.82) is 0 Å². The minimum absolute atomic E-state index is 0.400. The molecule has 0 unspecified atom stereocenters. The van der Waals surface area contributed by atoms with E-state index < -0.39 is 21.0 Å². The molecule has 0 aromatic heterocycles. The molecule has 0 atom stereocenters. The van der Waals surface area contributed by atoms with Crippen molar-refractivity contribution in [3.63, 3.8) is 0 Å². The van der Waals surface area contributed by atoms with Crippen molar-refractivity contribution < 1.29 is 18.6 Å². The van der Waals surface area contributed by atoms with E-state index in [1.807, 2.05) is 0 Å². The first kappa shape index (κ1) is 8.37. The van der Waals surface area contributed by atoms with E-state index in [1.165, 1.54) is 13.8 Å². The second-order valence-corrected chi connectivity index (χ2v) is 2.20. The molecule has 0 aromatic carbocycles. The van der Waals surface area contributed by atoms with Crippen LogP contribution in [0.15, 0.2) is 0 Å². The van der Waals surface area contributed by atoms with Gasteiger partial charge in [0.15, 0.2) is 0 Å². The molecule has 0 amide bonds. The van der Waals surface area contributed by atoms with E-state index in [2.05, 4.69) is 9.05 Å². The molecule has 9 heavy (non-hydrogen) atoms. The maximum atomic E-state index is 10.0. The summed E-state index contributed by atoms with van der Waals surface area (Å²) in [6, 6.07) is 0. The average molecular weight is 152 g/mol. The van der Waals surface area contributed by atoms with Crippen molar-refractivity contribution in [2.24, 2.45) is 0 Å². The zero-order valence-electron chi connectivity index (χ0n) is 5.34. The van der Waals surface area contributed by atoms with Crippen LogP contribution in [0.1, 0.15) is 13.8 Å². The molecule has 54 valence electrons. The molecule has 0 heterocycles. The van der Waals surface area contributed by atoms with E-state index in [4.69, 9.17) is 0 Å². The standard InChI is InChI=1S/C4H9O4P/c1-3(5)7-9-8-4(2)6/h1-2,9H3. The minimum atomic E-state index is -1.38. The SMILES string of the molecule is CC(=O)O[PH3]OC(C)=O. The van der Waals surface area contributed by atoms with Gasteiger partial charge >= 0.3 is 53.5 Å². The Morgan fingerprint density at radius 1 is 1.11 bits per heavy atom. The molecule has 0 spiro atoms. The zero-order chi connectivity index (χ0) is 7.28. The van der Waals surface area contributed by atoms with Gasteiger partial charge in [-0.1, -0.05) is 0 Å². The molecule has 0 aliphatic carbocycles. The van der Waals surface area contributed by atoms with Crippen LogP contribution < -0.4 is 0 Å². The topological polar surface area (TPSA) is 52.6 Å². The number of hydrogen-bond acceptors (Lipinski definition) is 4. The Labute approximate surface area is 54.5 Å². The van der Waals surface area contributed by atoms with Crippen molar-refractivity contribution in [3.05, 3.63) is 0 Å². The number of carbonyl (C=O) groups is 2. The third kappa shape index (κ3) is 7.37. The molecule has 0 saturated carbocycles. The quantitative estimate of drug-likeness (QED) is 0.526. The van der Waals surface area contributed by atoms with Crippen LogP contribution >= 0.6 is 9.03 Å². The van der Waals surface area contributed by atoms with Gasteiger partial charge < -0.3 is 0 Å². The van der Waals surface area contributed by atoms with Crippen LogP contribution in [0.25, 0.3) is 0 Å². The van der Waals surface area contributed by atoms with Gasteiger partial charge in [0, 0.05) is 0 Å². The molecule has 0 saturated heterocycles. The second kappa shape index (κ2) is 4.27. The Morgan fingerprint density at radius 2 is 1.44 bits per heavy atom. The second-order valence-electron chi connectivity index (χ2n) is 1.39. The van der Waals surface area contributed by atoms with Crippen molar-refractivity contribution in [2.75, 3.05) is 0 Å². The van der Waals surface area contributed by atoms with Gasteiger partial charge in [-0.25, -0.2) is 0 Å². The zero-order valence-corrected chi connectivity index (χ0v) is 6.75. The van der Waals surface area contributed by atoms with Crippen LogP contribution in [0.3, 0.4) is 0 Å². The molecule has 0 radical (unpaired) electrons. The molecule has 0 aliphatic rings. The van der Waals surface area contributed by atoms with Gasteiger partial charge in [0.1, 0.15) is 0 Å². The summed E-state index contributed by atoms with van der Waals surface area (Å²) in [6.07, 6.45) is 0. The fraction of sp³-hybridized carbons (Fsp3) is 0.500. The molecule has 0 aliphatic heterocycles. The first-order chi connectivity index (χ1) is 4.13. The van der Waals surface area contributed by atoms with E-state index in [0.29, 0.717) is 0 Å². The van der Waals surface area contributed by atoms with E-state index in [1.54, 1.807) is 0 Å². The van der Waals surface area contributed by atoms with Gasteiger partial charge in [-0.3, -0.25) is 0 Å². The molecule has 0 aromatic rings. The van der Waals surface area contributed by atoms with Gasteiger partial charge in [0.25, 0.3) is 0 Å². The molecule has 4 nitrogen and oxygen atoms in total. The Kier molecular flexibility index (Phi) is 3.97. The number of rotatable bonds is 2. The summed E-state index contributed by atoms with van der Waals surface area (Å²) in [6.45, 7) is 2.55. The molecular formula is C4H9O4P. The fourth-order valence-corrected chi connectivity index (χ4v) is 0.586. The van der Waals surface area contributed by atoms with Gasteiger partial charge in [0.2, 0.25) is 0 Å². The Balaban J connectivity index is 3.10. The summed E-state index contributed by atoms with van der Waals surface area (Å²) in [5.74, 6) is -0.800. The maximum absolute atomic E-state index is 10.0. The van der Waals surface area contributed by atoms with Gasteiger partial charge in [-0.15, -0.1) is 0 Å². The van der Waals surface area contributed by atoms with E-state index in [-0.39, 0.29) is 0 Å². The van der Waals surface area contributed by atoms with Crippen molar-refractivity contribution in [2.45, 2.75) is 13.8 Å². The predicted molar refractivity (Wildman–Crippen MR) is 34.6 cm³/mol. The first-order valence-corrected chi connectivity index (χ1v) is 3.55. The summed E-state index contributed by atoms with van der Waals surface area (Å²) in [5, 5.41) is 0. The van der Waals surface area contributed by atoms with Crippen molar-refractivity contribution in [1.82, 2.24) is 0 Å². The normalized spacial score (nSPS) is 8.67. The molecule has 5 heteroatoms. The molecule has 0 N–H and O–H groups in total. The Morgan fingerprint density at radius 3 is 1.67 bits per heavy atom. The van der Waals surface area contributed by atoms with Gasteiger partial charge in [-0.05, 0) is 0 Å². The molecule has 0 bridgehead atoms. The van der Waals surface area contributed by atoms with E-state index >= 15 is 0 Å². The van der Waals surface area contributed by atoms with E-state index in [9.17, 15) is 9.59 Å². The third-order valence-corrected chi connectivity index (χ3v) is 1.57. The van der Waals surface area contributed by atoms with E-state index in [0.717, 1.165) is 0 Å². The summed E-state index contributed by atoms with van der Waals surface area (Å²) < 4.78 is 8.82. The van der Waals surface area contributed by atoms with Gasteiger partial charge in [-0.2, -0.15) is 0 Å². The number of hydrogen-bond donors (Lipinski definition) is 0. The Bertz CT molecular complexity index is 108. The summed E-state index contributed by atoms with van der Waals surface area (Å²) in [4.78, 5) is 20.1. The molecule has 0 rings (SSSR count). The van der Waals surface area contributed by atoms with Crippen LogP contribution in [0.4, 0.5) is 0 Å². The van der Waals surface area contributed by atoms with Crippen molar-refractivity contribution in [3.8, 4) is 0 Å². The average Bonchev–Trinajstić information content (AvgIpc) is 1.63. The summed E-state index contributed by atoms with van der Waals surface area (Å²) in [7, 11) is -1.38.